The largest absolute Gasteiger partial charge is 0.462 e. The van der Waals surface area contributed by atoms with E-state index in [9.17, 15) is 13.6 Å². The Labute approximate surface area is 98.6 Å². The van der Waals surface area contributed by atoms with Crippen molar-refractivity contribution in [3.63, 3.8) is 0 Å². The summed E-state index contributed by atoms with van der Waals surface area (Å²) in [4.78, 5) is 11.5. The van der Waals surface area contributed by atoms with Crippen LogP contribution < -0.4 is 5.73 Å². The zero-order chi connectivity index (χ0) is 12.8. The minimum atomic E-state index is -0.961. The summed E-state index contributed by atoms with van der Waals surface area (Å²) in [6.45, 7) is 2.24. The third-order valence-corrected chi connectivity index (χ3v) is 2.29. The maximum Gasteiger partial charge on any atom is 0.341 e. The van der Waals surface area contributed by atoms with Gasteiger partial charge in [0.25, 0.3) is 0 Å². The Morgan fingerprint density at radius 1 is 1.29 bits per heavy atom. The van der Waals surface area contributed by atoms with Crippen molar-refractivity contribution in [3.8, 4) is 0 Å². The number of ether oxygens (including phenoxy) is 1. The molecule has 0 aliphatic carbocycles. The lowest BCUT2D eigenvalue weighted by Crippen LogP contribution is -2.10. The number of nitrogen functional groups attached to an aromatic ring is 1. The van der Waals surface area contributed by atoms with Crippen LogP contribution in [0.3, 0.4) is 0 Å². The SMILES string of the molecule is CCCCCOC(=O)c1cc(N)c(F)cc1F. The van der Waals surface area contributed by atoms with Crippen molar-refractivity contribution in [2.45, 2.75) is 26.2 Å². The summed E-state index contributed by atoms with van der Waals surface area (Å²) in [6.07, 6.45) is 2.65. The number of anilines is 1. The molecule has 0 unspecified atom stereocenters. The molecule has 0 aliphatic rings. The van der Waals surface area contributed by atoms with Crippen LogP contribution in [0, 0.1) is 11.6 Å². The zero-order valence-electron chi connectivity index (χ0n) is 9.63. The molecule has 0 heterocycles. The van der Waals surface area contributed by atoms with Gasteiger partial charge in [0.1, 0.15) is 11.6 Å². The molecule has 17 heavy (non-hydrogen) atoms. The smallest absolute Gasteiger partial charge is 0.341 e. The van der Waals surface area contributed by atoms with Gasteiger partial charge in [-0.25, -0.2) is 13.6 Å². The molecule has 0 bridgehead atoms. The standard InChI is InChI=1S/C12H15F2NO2/c1-2-3-4-5-17-12(16)8-6-11(15)10(14)7-9(8)13/h6-7H,2-5,15H2,1H3. The summed E-state index contributed by atoms with van der Waals surface area (Å²) in [7, 11) is 0. The quantitative estimate of drug-likeness (QED) is 0.491. The van der Waals surface area contributed by atoms with Crippen molar-refractivity contribution in [1.29, 1.82) is 0 Å². The summed E-state index contributed by atoms with van der Waals surface area (Å²) >= 11 is 0. The summed E-state index contributed by atoms with van der Waals surface area (Å²) < 4.78 is 31.0. The first-order valence-corrected chi connectivity index (χ1v) is 5.48. The highest BCUT2D eigenvalue weighted by Crippen LogP contribution is 2.17. The van der Waals surface area contributed by atoms with Crippen LogP contribution in [0.2, 0.25) is 0 Å². The Bertz CT molecular complexity index is 408. The maximum absolute atomic E-state index is 13.3. The average molecular weight is 243 g/mol. The zero-order valence-corrected chi connectivity index (χ0v) is 9.63. The van der Waals surface area contributed by atoms with E-state index in [-0.39, 0.29) is 17.9 Å². The van der Waals surface area contributed by atoms with Crippen LogP contribution in [0.1, 0.15) is 36.5 Å². The second kappa shape index (κ2) is 6.18. The molecule has 0 atom stereocenters. The van der Waals surface area contributed by atoms with Crippen molar-refractivity contribution >= 4 is 11.7 Å². The number of esters is 1. The molecule has 0 radical (unpaired) electrons. The van der Waals surface area contributed by atoms with E-state index in [4.69, 9.17) is 10.5 Å². The Morgan fingerprint density at radius 3 is 2.65 bits per heavy atom. The van der Waals surface area contributed by atoms with Gasteiger partial charge >= 0.3 is 5.97 Å². The lowest BCUT2D eigenvalue weighted by Gasteiger charge is -2.06. The van der Waals surface area contributed by atoms with Gasteiger partial charge in [-0.05, 0) is 12.5 Å². The molecule has 2 N–H and O–H groups in total. The normalized spacial score (nSPS) is 10.3. The summed E-state index contributed by atoms with van der Waals surface area (Å²) in [6, 6.07) is 1.53. The molecule has 0 aliphatic heterocycles. The third kappa shape index (κ3) is 3.69. The molecule has 0 amide bonds. The molecule has 1 rings (SSSR count). The Kier molecular flexibility index (Phi) is 4.87. The van der Waals surface area contributed by atoms with Crippen LogP contribution in [0.5, 0.6) is 0 Å². The van der Waals surface area contributed by atoms with Gasteiger partial charge in [0.05, 0.1) is 17.9 Å². The van der Waals surface area contributed by atoms with E-state index >= 15 is 0 Å². The van der Waals surface area contributed by atoms with Crippen LogP contribution in [0.15, 0.2) is 12.1 Å². The van der Waals surface area contributed by atoms with E-state index < -0.39 is 17.6 Å². The Balaban J connectivity index is 2.66. The molecule has 5 heteroatoms. The number of hydrogen-bond donors (Lipinski definition) is 1. The molecule has 0 fully saturated rings. The molecule has 0 saturated heterocycles. The van der Waals surface area contributed by atoms with Gasteiger partial charge in [0.15, 0.2) is 0 Å². The number of unbranched alkanes of at least 4 members (excludes halogenated alkanes) is 2. The summed E-state index contributed by atoms with van der Waals surface area (Å²) in [5, 5.41) is 0. The van der Waals surface area contributed by atoms with E-state index in [1.54, 1.807) is 0 Å². The Morgan fingerprint density at radius 2 is 2.00 bits per heavy atom. The van der Waals surface area contributed by atoms with Gasteiger partial charge in [0.2, 0.25) is 0 Å². The summed E-state index contributed by atoms with van der Waals surface area (Å²) in [5.41, 5.74) is 4.65. The fourth-order valence-electron chi connectivity index (χ4n) is 1.32. The number of halogens is 2. The lowest BCUT2D eigenvalue weighted by atomic mass is 10.2. The van der Waals surface area contributed by atoms with Crippen molar-refractivity contribution in [1.82, 2.24) is 0 Å². The minimum absolute atomic E-state index is 0.226. The van der Waals surface area contributed by atoms with Gasteiger partial charge in [-0.1, -0.05) is 19.8 Å². The van der Waals surface area contributed by atoms with E-state index in [1.807, 2.05) is 6.92 Å². The highest BCUT2D eigenvalue weighted by atomic mass is 19.1. The van der Waals surface area contributed by atoms with Crippen LogP contribution in [-0.4, -0.2) is 12.6 Å². The number of rotatable bonds is 5. The van der Waals surface area contributed by atoms with E-state index in [0.29, 0.717) is 6.07 Å². The number of carbonyl (C=O) groups excluding carboxylic acids is 1. The van der Waals surface area contributed by atoms with Gasteiger partial charge in [0, 0.05) is 6.07 Å². The van der Waals surface area contributed by atoms with E-state index in [2.05, 4.69) is 0 Å². The maximum atomic E-state index is 13.3. The fraction of sp³-hybridized carbons (Fsp3) is 0.417. The van der Waals surface area contributed by atoms with Crippen molar-refractivity contribution in [3.05, 3.63) is 29.3 Å². The van der Waals surface area contributed by atoms with E-state index in [0.717, 1.165) is 25.3 Å². The highest BCUT2D eigenvalue weighted by Gasteiger charge is 2.15. The molecule has 1 aromatic carbocycles. The van der Waals surface area contributed by atoms with Gasteiger partial charge in [-0.2, -0.15) is 0 Å². The van der Waals surface area contributed by atoms with Gasteiger partial charge in [-0.15, -0.1) is 0 Å². The van der Waals surface area contributed by atoms with Crippen LogP contribution >= 0.6 is 0 Å². The molecular weight excluding hydrogens is 228 g/mol. The van der Waals surface area contributed by atoms with Crippen LogP contribution in [-0.2, 0) is 4.74 Å². The first kappa shape index (κ1) is 13.4. The van der Waals surface area contributed by atoms with Gasteiger partial charge < -0.3 is 10.5 Å². The van der Waals surface area contributed by atoms with Crippen molar-refractivity contribution in [2.24, 2.45) is 0 Å². The predicted molar refractivity (Wildman–Crippen MR) is 60.6 cm³/mol. The molecule has 94 valence electrons. The third-order valence-electron chi connectivity index (χ3n) is 2.29. The summed E-state index contributed by atoms with van der Waals surface area (Å²) in [5.74, 6) is -2.66. The highest BCUT2D eigenvalue weighted by molar-refractivity contribution is 5.90. The first-order valence-electron chi connectivity index (χ1n) is 5.48. The first-order chi connectivity index (χ1) is 8.06. The van der Waals surface area contributed by atoms with E-state index in [1.165, 1.54) is 0 Å². The molecule has 0 saturated carbocycles. The Hall–Kier alpha value is -1.65. The number of benzene rings is 1. The molecule has 1 aromatic rings. The lowest BCUT2D eigenvalue weighted by molar-refractivity contribution is 0.0493. The molecule has 0 aromatic heterocycles. The predicted octanol–water partition coefficient (Wildman–Crippen LogP) is 2.89. The average Bonchev–Trinajstić information content (AvgIpc) is 2.29. The molecule has 3 nitrogen and oxygen atoms in total. The topological polar surface area (TPSA) is 52.3 Å². The monoisotopic (exact) mass is 243 g/mol. The van der Waals surface area contributed by atoms with Crippen LogP contribution in [0.25, 0.3) is 0 Å². The minimum Gasteiger partial charge on any atom is -0.462 e. The number of nitrogens with two attached hydrogens (primary N) is 1. The van der Waals surface area contributed by atoms with Gasteiger partial charge in [-0.3, -0.25) is 0 Å². The van der Waals surface area contributed by atoms with Crippen molar-refractivity contribution < 1.29 is 18.3 Å². The van der Waals surface area contributed by atoms with Crippen molar-refractivity contribution in [2.75, 3.05) is 12.3 Å². The fourth-order valence-corrected chi connectivity index (χ4v) is 1.32. The molecular formula is C12H15F2NO2. The second-order valence-corrected chi connectivity index (χ2v) is 3.70. The number of carbonyl (C=O) groups is 1. The van der Waals surface area contributed by atoms with Crippen LogP contribution in [0.4, 0.5) is 14.5 Å². The number of hydrogen-bond acceptors (Lipinski definition) is 3. The molecule has 0 spiro atoms. The second-order valence-electron chi connectivity index (χ2n) is 3.70.